The molecule has 120 valence electrons. The van der Waals surface area contributed by atoms with Crippen LogP contribution in [0.25, 0.3) is 27.8 Å². The first kappa shape index (κ1) is 13.7. The molecule has 4 aromatic rings. The molecule has 0 bridgehead atoms. The molecule has 0 spiro atoms. The Morgan fingerprint density at radius 3 is 2.79 bits per heavy atom. The molecular weight excluding hydrogens is 305 g/mol. The van der Waals surface area contributed by atoms with Crippen LogP contribution in [0.4, 0.5) is 4.39 Å². The molecule has 5 nitrogen and oxygen atoms in total. The van der Waals surface area contributed by atoms with Crippen LogP contribution in [-0.2, 0) is 0 Å². The Labute approximate surface area is 137 Å². The Kier molecular flexibility index (Phi) is 2.63. The van der Waals surface area contributed by atoms with Crippen LogP contribution in [0.2, 0.25) is 0 Å². The molecule has 1 saturated carbocycles. The Balaban J connectivity index is 1.83. The fourth-order valence-corrected chi connectivity index (χ4v) is 3.37. The molecule has 1 fully saturated rings. The van der Waals surface area contributed by atoms with Gasteiger partial charge >= 0.3 is 0 Å². The normalized spacial score (nSPS) is 14.8. The van der Waals surface area contributed by atoms with Gasteiger partial charge in [0.25, 0.3) is 0 Å². The fraction of sp³-hybridized carbons (Fsp3) is 0.278. The van der Waals surface area contributed by atoms with E-state index in [1.54, 1.807) is 16.8 Å². The van der Waals surface area contributed by atoms with Crippen molar-refractivity contribution in [2.24, 2.45) is 0 Å². The summed E-state index contributed by atoms with van der Waals surface area (Å²) in [6.45, 7) is 3.95. The second kappa shape index (κ2) is 4.63. The van der Waals surface area contributed by atoms with Crippen LogP contribution < -0.4 is 0 Å². The highest BCUT2D eigenvalue weighted by molar-refractivity contribution is 5.87. The van der Waals surface area contributed by atoms with Crippen molar-refractivity contribution in [3.05, 3.63) is 47.2 Å². The van der Waals surface area contributed by atoms with Crippen LogP contribution in [0.5, 0.6) is 0 Å². The van der Waals surface area contributed by atoms with Crippen molar-refractivity contribution in [1.82, 2.24) is 24.8 Å². The molecule has 5 rings (SSSR count). The van der Waals surface area contributed by atoms with E-state index in [2.05, 4.69) is 32.4 Å². The van der Waals surface area contributed by atoms with Gasteiger partial charge in [-0.05, 0) is 56.0 Å². The summed E-state index contributed by atoms with van der Waals surface area (Å²) in [6, 6.07) is 5.69. The van der Waals surface area contributed by atoms with E-state index >= 15 is 0 Å². The maximum Gasteiger partial charge on any atom is 0.192 e. The van der Waals surface area contributed by atoms with Crippen LogP contribution in [0.3, 0.4) is 0 Å². The molecule has 1 aliphatic carbocycles. The lowest BCUT2D eigenvalue weighted by Gasteiger charge is -2.10. The van der Waals surface area contributed by atoms with E-state index in [0.29, 0.717) is 11.6 Å². The zero-order valence-corrected chi connectivity index (χ0v) is 13.5. The van der Waals surface area contributed by atoms with Gasteiger partial charge in [-0.2, -0.15) is 10.2 Å². The van der Waals surface area contributed by atoms with Gasteiger partial charge in [0.15, 0.2) is 17.3 Å². The highest BCUT2D eigenvalue weighted by Gasteiger charge is 2.29. The van der Waals surface area contributed by atoms with Gasteiger partial charge in [0.05, 0.1) is 17.4 Å². The van der Waals surface area contributed by atoms with E-state index in [1.165, 1.54) is 0 Å². The Morgan fingerprint density at radius 2 is 2.00 bits per heavy atom. The maximum atomic E-state index is 14.4. The zero-order valence-electron chi connectivity index (χ0n) is 13.5. The standard InChI is InChI=1S/C18H16FN5/c1-9-5-12(7-13-8-20-22-15(9)13)16-10(2)6-14(19)18-21-17(11-3-4-11)23-24(16)18/h5-8,11H,3-4H2,1-2H3,(H,20,22). The van der Waals surface area contributed by atoms with Gasteiger partial charge in [-0.1, -0.05) is 0 Å². The molecule has 6 heteroatoms. The van der Waals surface area contributed by atoms with Crippen LogP contribution in [0.15, 0.2) is 24.4 Å². The first-order valence-corrected chi connectivity index (χ1v) is 8.11. The number of halogens is 1. The van der Waals surface area contributed by atoms with E-state index < -0.39 is 0 Å². The lowest BCUT2D eigenvalue weighted by atomic mass is 10.0. The largest absolute Gasteiger partial charge is 0.278 e. The highest BCUT2D eigenvalue weighted by Crippen LogP contribution is 2.39. The third-order valence-corrected chi connectivity index (χ3v) is 4.73. The molecule has 0 amide bonds. The summed E-state index contributed by atoms with van der Waals surface area (Å²) >= 11 is 0. The van der Waals surface area contributed by atoms with Gasteiger partial charge in [-0.25, -0.2) is 13.9 Å². The van der Waals surface area contributed by atoms with E-state index in [4.69, 9.17) is 0 Å². The van der Waals surface area contributed by atoms with E-state index in [0.717, 1.165) is 52.0 Å². The molecule has 1 aliphatic rings. The van der Waals surface area contributed by atoms with Crippen LogP contribution in [-0.4, -0.2) is 24.8 Å². The smallest absolute Gasteiger partial charge is 0.192 e. The topological polar surface area (TPSA) is 58.9 Å². The van der Waals surface area contributed by atoms with Crippen molar-refractivity contribution in [2.45, 2.75) is 32.6 Å². The summed E-state index contributed by atoms with van der Waals surface area (Å²) < 4.78 is 16.0. The van der Waals surface area contributed by atoms with E-state index in [1.807, 2.05) is 13.8 Å². The molecule has 3 aromatic heterocycles. The fourth-order valence-electron chi connectivity index (χ4n) is 3.37. The van der Waals surface area contributed by atoms with Crippen molar-refractivity contribution in [3.8, 4) is 11.3 Å². The lowest BCUT2D eigenvalue weighted by molar-refractivity contribution is 0.626. The van der Waals surface area contributed by atoms with Gasteiger partial charge < -0.3 is 0 Å². The first-order chi connectivity index (χ1) is 11.6. The van der Waals surface area contributed by atoms with Crippen molar-refractivity contribution >= 4 is 16.6 Å². The third kappa shape index (κ3) is 1.89. The minimum absolute atomic E-state index is 0.308. The zero-order chi connectivity index (χ0) is 16.4. The molecule has 0 radical (unpaired) electrons. The molecular formula is C18H16FN5. The summed E-state index contributed by atoms with van der Waals surface area (Å²) in [5.74, 6) is 0.814. The number of fused-ring (bicyclic) bond motifs is 2. The third-order valence-electron chi connectivity index (χ3n) is 4.73. The van der Waals surface area contributed by atoms with Crippen molar-refractivity contribution < 1.29 is 4.39 Å². The Bertz CT molecular complexity index is 1100. The predicted octanol–water partition coefficient (Wildman–Crippen LogP) is 3.91. The number of nitrogens with zero attached hydrogens (tertiary/aromatic N) is 4. The molecule has 3 heterocycles. The predicted molar refractivity (Wildman–Crippen MR) is 89.5 cm³/mol. The number of rotatable bonds is 2. The van der Waals surface area contributed by atoms with Crippen LogP contribution in [0, 0.1) is 19.7 Å². The second-order valence-corrected chi connectivity index (χ2v) is 6.63. The number of hydrogen-bond acceptors (Lipinski definition) is 3. The number of aromatic amines is 1. The number of nitrogens with one attached hydrogen (secondary N) is 1. The van der Waals surface area contributed by atoms with Gasteiger partial charge in [0.2, 0.25) is 0 Å². The van der Waals surface area contributed by atoms with Crippen molar-refractivity contribution in [1.29, 1.82) is 0 Å². The SMILES string of the molecule is Cc1cc(F)c2nc(C3CC3)nn2c1-c1cc(C)c2[nH]ncc2c1. The van der Waals surface area contributed by atoms with Gasteiger partial charge in [0.1, 0.15) is 0 Å². The van der Waals surface area contributed by atoms with Crippen LogP contribution >= 0.6 is 0 Å². The molecule has 1 aromatic carbocycles. The highest BCUT2D eigenvalue weighted by atomic mass is 19.1. The molecule has 0 aliphatic heterocycles. The number of pyridine rings is 1. The summed E-state index contributed by atoms with van der Waals surface area (Å²) in [6.07, 6.45) is 3.98. The Hall–Kier alpha value is -2.76. The molecule has 1 N–H and O–H groups in total. The monoisotopic (exact) mass is 321 g/mol. The first-order valence-electron chi connectivity index (χ1n) is 8.11. The van der Waals surface area contributed by atoms with Crippen LogP contribution in [0.1, 0.15) is 35.7 Å². The summed E-state index contributed by atoms with van der Waals surface area (Å²) in [7, 11) is 0. The average Bonchev–Trinajstić information content (AvgIpc) is 3.10. The molecule has 0 atom stereocenters. The summed E-state index contributed by atoms with van der Waals surface area (Å²) in [5, 5.41) is 12.8. The molecule has 0 saturated heterocycles. The summed E-state index contributed by atoms with van der Waals surface area (Å²) in [5.41, 5.74) is 5.15. The number of hydrogen-bond donors (Lipinski definition) is 1. The number of benzene rings is 1. The number of H-pyrrole nitrogens is 1. The minimum Gasteiger partial charge on any atom is -0.278 e. The van der Waals surface area contributed by atoms with Crippen molar-refractivity contribution in [2.75, 3.05) is 0 Å². The number of aromatic nitrogens is 5. The van der Waals surface area contributed by atoms with Crippen molar-refractivity contribution in [3.63, 3.8) is 0 Å². The second-order valence-electron chi connectivity index (χ2n) is 6.63. The van der Waals surface area contributed by atoms with Gasteiger partial charge in [-0.3, -0.25) is 5.10 Å². The molecule has 0 unspecified atom stereocenters. The van der Waals surface area contributed by atoms with Gasteiger partial charge in [0, 0.05) is 16.9 Å². The lowest BCUT2D eigenvalue weighted by Crippen LogP contribution is -2.00. The average molecular weight is 321 g/mol. The minimum atomic E-state index is -0.322. The summed E-state index contributed by atoms with van der Waals surface area (Å²) in [4.78, 5) is 4.43. The van der Waals surface area contributed by atoms with Gasteiger partial charge in [-0.15, -0.1) is 0 Å². The Morgan fingerprint density at radius 1 is 1.17 bits per heavy atom. The quantitative estimate of drug-likeness (QED) is 0.609. The molecule has 24 heavy (non-hydrogen) atoms. The number of aryl methyl sites for hydroxylation is 2. The van der Waals surface area contributed by atoms with E-state index in [9.17, 15) is 4.39 Å². The van der Waals surface area contributed by atoms with E-state index in [-0.39, 0.29) is 5.82 Å². The maximum absolute atomic E-state index is 14.4.